The number of aryl methyl sites for hydroxylation is 3. The van der Waals surface area contributed by atoms with Gasteiger partial charge in [0.15, 0.2) is 0 Å². The van der Waals surface area contributed by atoms with E-state index in [-0.39, 0.29) is 5.15 Å². The van der Waals surface area contributed by atoms with Crippen LogP contribution in [0.25, 0.3) is 11.3 Å². The van der Waals surface area contributed by atoms with E-state index < -0.39 is 0 Å². The summed E-state index contributed by atoms with van der Waals surface area (Å²) >= 11 is 5.99. The van der Waals surface area contributed by atoms with Gasteiger partial charge in [0.05, 0.1) is 11.3 Å². The van der Waals surface area contributed by atoms with Gasteiger partial charge >= 0.3 is 0 Å². The molecule has 0 amide bonds. The first-order valence-corrected chi connectivity index (χ1v) is 6.05. The molecule has 90 valence electrons. The summed E-state index contributed by atoms with van der Waals surface area (Å²) in [5, 5.41) is 9.17. The molecule has 1 aromatic heterocycles. The Morgan fingerprint density at radius 2 is 1.78 bits per heavy atom. The van der Waals surface area contributed by atoms with E-state index in [1.165, 1.54) is 11.1 Å². The summed E-state index contributed by atoms with van der Waals surface area (Å²) < 4.78 is 0. The van der Waals surface area contributed by atoms with Gasteiger partial charge in [-0.1, -0.05) is 23.7 Å². The van der Waals surface area contributed by atoms with Gasteiger partial charge in [0.25, 0.3) is 0 Å². The molecule has 2 rings (SSSR count). The van der Waals surface area contributed by atoms with Gasteiger partial charge in [-0.25, -0.2) is 4.98 Å². The zero-order valence-electron chi connectivity index (χ0n) is 10.6. The largest absolute Gasteiger partial charge is 0.234 e. The van der Waals surface area contributed by atoms with Crippen LogP contribution >= 0.6 is 11.6 Å². The number of nitriles is 1. The highest BCUT2D eigenvalue weighted by Gasteiger charge is 2.09. The van der Waals surface area contributed by atoms with Crippen molar-refractivity contribution in [2.45, 2.75) is 20.8 Å². The van der Waals surface area contributed by atoms with Gasteiger partial charge in [-0.2, -0.15) is 5.26 Å². The molecule has 0 aliphatic rings. The van der Waals surface area contributed by atoms with Crippen LogP contribution in [0, 0.1) is 32.1 Å². The van der Waals surface area contributed by atoms with E-state index in [0.717, 1.165) is 16.8 Å². The Balaban J connectivity index is 2.61. The third kappa shape index (κ3) is 2.23. The Bertz CT molecular complexity index is 654. The molecule has 0 aliphatic carbocycles. The smallest absolute Gasteiger partial charge is 0.147 e. The van der Waals surface area contributed by atoms with Crippen molar-refractivity contribution >= 4 is 11.6 Å². The number of rotatable bonds is 1. The van der Waals surface area contributed by atoms with Crippen molar-refractivity contribution in [2.75, 3.05) is 0 Å². The number of halogens is 1. The van der Waals surface area contributed by atoms with Crippen LogP contribution in [0.4, 0.5) is 0 Å². The lowest BCUT2D eigenvalue weighted by atomic mass is 10.0. The summed E-state index contributed by atoms with van der Waals surface area (Å²) in [6.07, 6.45) is 0. The average Bonchev–Trinajstić information content (AvgIpc) is 2.35. The van der Waals surface area contributed by atoms with Crippen LogP contribution in [0.3, 0.4) is 0 Å². The molecule has 2 aromatic rings. The van der Waals surface area contributed by atoms with Crippen molar-refractivity contribution in [3.05, 3.63) is 51.7 Å². The molecule has 0 unspecified atom stereocenters. The van der Waals surface area contributed by atoms with Crippen molar-refractivity contribution in [2.24, 2.45) is 0 Å². The normalized spacial score (nSPS) is 10.2. The Hall–Kier alpha value is -1.85. The zero-order chi connectivity index (χ0) is 13.3. The first-order valence-electron chi connectivity index (χ1n) is 5.68. The van der Waals surface area contributed by atoms with Gasteiger partial charge in [-0.15, -0.1) is 0 Å². The maximum Gasteiger partial charge on any atom is 0.147 e. The molecule has 0 spiro atoms. The number of nitrogens with zero attached hydrogens (tertiary/aromatic N) is 2. The monoisotopic (exact) mass is 256 g/mol. The van der Waals surface area contributed by atoms with Crippen molar-refractivity contribution in [3.63, 3.8) is 0 Å². The van der Waals surface area contributed by atoms with Gasteiger partial charge in [0.1, 0.15) is 11.2 Å². The molecule has 0 radical (unpaired) electrons. The predicted molar refractivity (Wildman–Crippen MR) is 73.6 cm³/mol. The highest BCUT2D eigenvalue weighted by Crippen LogP contribution is 2.27. The number of hydrogen-bond donors (Lipinski definition) is 0. The molecule has 0 atom stereocenters. The highest BCUT2D eigenvalue weighted by molar-refractivity contribution is 6.30. The fourth-order valence-corrected chi connectivity index (χ4v) is 2.03. The van der Waals surface area contributed by atoms with E-state index in [2.05, 4.69) is 31.0 Å². The molecule has 1 aromatic carbocycles. The van der Waals surface area contributed by atoms with Crippen LogP contribution in [-0.4, -0.2) is 4.98 Å². The molecule has 3 heteroatoms. The number of benzene rings is 1. The van der Waals surface area contributed by atoms with Gasteiger partial charge in [-0.05, 0) is 49.6 Å². The van der Waals surface area contributed by atoms with Crippen LogP contribution in [0.5, 0.6) is 0 Å². The van der Waals surface area contributed by atoms with Crippen molar-refractivity contribution in [1.82, 2.24) is 4.98 Å². The standard InChI is InChI=1S/C15H13ClN2/c1-9-4-5-12(6-10(9)2)14-11(3)7-13(8-17)15(16)18-14/h4-7H,1-3H3. The first-order chi connectivity index (χ1) is 8.52. The van der Waals surface area contributed by atoms with E-state index in [0.29, 0.717) is 5.56 Å². The van der Waals surface area contributed by atoms with Gasteiger partial charge < -0.3 is 0 Å². The summed E-state index contributed by atoms with van der Waals surface area (Å²) in [5.74, 6) is 0. The summed E-state index contributed by atoms with van der Waals surface area (Å²) in [5.41, 5.74) is 5.70. The summed E-state index contributed by atoms with van der Waals surface area (Å²) in [6.45, 7) is 6.08. The minimum Gasteiger partial charge on any atom is -0.234 e. The summed E-state index contributed by atoms with van der Waals surface area (Å²) in [7, 11) is 0. The van der Waals surface area contributed by atoms with Gasteiger partial charge in [0, 0.05) is 5.56 Å². The molecular weight excluding hydrogens is 244 g/mol. The topological polar surface area (TPSA) is 36.7 Å². The lowest BCUT2D eigenvalue weighted by Crippen LogP contribution is -1.93. The second kappa shape index (κ2) is 4.80. The summed E-state index contributed by atoms with van der Waals surface area (Å²) in [6, 6.07) is 10.0. The number of pyridine rings is 1. The zero-order valence-corrected chi connectivity index (χ0v) is 11.3. The third-order valence-corrected chi connectivity index (χ3v) is 3.36. The molecule has 0 saturated carbocycles. The van der Waals surface area contributed by atoms with Crippen molar-refractivity contribution in [1.29, 1.82) is 5.26 Å². The van der Waals surface area contributed by atoms with Gasteiger partial charge in [-0.3, -0.25) is 0 Å². The Morgan fingerprint density at radius 3 is 2.39 bits per heavy atom. The Labute approximate surface area is 112 Å². The maximum absolute atomic E-state index is 8.91. The lowest BCUT2D eigenvalue weighted by Gasteiger charge is -2.09. The molecule has 0 aliphatic heterocycles. The van der Waals surface area contributed by atoms with E-state index in [4.69, 9.17) is 16.9 Å². The van der Waals surface area contributed by atoms with Crippen LogP contribution in [0.1, 0.15) is 22.3 Å². The third-order valence-electron chi connectivity index (χ3n) is 3.07. The Kier molecular flexibility index (Phi) is 3.36. The SMILES string of the molecule is Cc1ccc(-c2nc(Cl)c(C#N)cc2C)cc1C. The number of hydrogen-bond acceptors (Lipinski definition) is 2. The van der Waals surface area contributed by atoms with E-state index in [1.54, 1.807) is 6.07 Å². The fraction of sp³-hybridized carbons (Fsp3) is 0.200. The maximum atomic E-state index is 8.91. The van der Waals surface area contributed by atoms with Gasteiger partial charge in [0.2, 0.25) is 0 Å². The lowest BCUT2D eigenvalue weighted by molar-refractivity contribution is 1.24. The quantitative estimate of drug-likeness (QED) is 0.717. The molecule has 18 heavy (non-hydrogen) atoms. The summed E-state index contributed by atoms with van der Waals surface area (Å²) in [4.78, 5) is 4.33. The average molecular weight is 257 g/mol. The van der Waals surface area contributed by atoms with Crippen molar-refractivity contribution in [3.8, 4) is 17.3 Å². The molecular formula is C15H13ClN2. The van der Waals surface area contributed by atoms with E-state index >= 15 is 0 Å². The van der Waals surface area contributed by atoms with Crippen LogP contribution < -0.4 is 0 Å². The second-order valence-corrected chi connectivity index (χ2v) is 4.76. The first kappa shape index (κ1) is 12.6. The van der Waals surface area contributed by atoms with Crippen molar-refractivity contribution < 1.29 is 0 Å². The highest BCUT2D eigenvalue weighted by atomic mass is 35.5. The molecule has 0 N–H and O–H groups in total. The second-order valence-electron chi connectivity index (χ2n) is 4.40. The fourth-order valence-electron chi connectivity index (χ4n) is 1.85. The minimum atomic E-state index is 0.260. The van der Waals surface area contributed by atoms with E-state index in [1.807, 2.05) is 19.1 Å². The minimum absolute atomic E-state index is 0.260. The van der Waals surface area contributed by atoms with Crippen LogP contribution in [0.15, 0.2) is 24.3 Å². The Morgan fingerprint density at radius 1 is 1.06 bits per heavy atom. The number of aromatic nitrogens is 1. The molecule has 2 nitrogen and oxygen atoms in total. The molecule has 0 fully saturated rings. The van der Waals surface area contributed by atoms with Crippen LogP contribution in [0.2, 0.25) is 5.15 Å². The molecule has 0 bridgehead atoms. The van der Waals surface area contributed by atoms with Crippen LogP contribution in [-0.2, 0) is 0 Å². The molecule has 0 saturated heterocycles. The predicted octanol–water partition coefficient (Wildman–Crippen LogP) is 4.20. The molecule has 1 heterocycles. The van der Waals surface area contributed by atoms with E-state index in [9.17, 15) is 0 Å².